The predicted molar refractivity (Wildman–Crippen MR) is 83.1 cm³/mol. The number of likely N-dealkylation sites (tertiary alicyclic amines) is 1. The highest BCUT2D eigenvalue weighted by Crippen LogP contribution is 2.25. The van der Waals surface area contributed by atoms with Crippen molar-refractivity contribution < 1.29 is 14.3 Å². The molecule has 0 spiro atoms. The number of anilines is 1. The van der Waals surface area contributed by atoms with E-state index in [0.717, 1.165) is 10.0 Å². The molecule has 7 heteroatoms. The maximum Gasteiger partial charge on any atom is 0.407 e. The predicted octanol–water partition coefficient (Wildman–Crippen LogP) is 1.91. The number of methoxy groups -OCH3 is 1. The molecule has 1 fully saturated rings. The summed E-state index contributed by atoms with van der Waals surface area (Å²) in [6, 6.07) is 3.47. The molecule has 0 aliphatic carbocycles. The standard InChI is InChI=1S/C14H18BrN3O3/c1-8-11(5-9(15)6-12(8)16)13(19)18-4-3-10(7-18)17-14(20)21-2/h5-6,10H,3-4,7,16H2,1-2H3,(H,17,20). The number of nitrogens with zero attached hydrogens (tertiary/aromatic N) is 1. The second-order valence-corrected chi connectivity index (χ2v) is 5.96. The van der Waals surface area contributed by atoms with Gasteiger partial charge in [0.05, 0.1) is 13.2 Å². The van der Waals surface area contributed by atoms with E-state index >= 15 is 0 Å². The van der Waals surface area contributed by atoms with Crippen LogP contribution in [-0.2, 0) is 4.74 Å². The van der Waals surface area contributed by atoms with Crippen LogP contribution in [0.15, 0.2) is 16.6 Å². The summed E-state index contributed by atoms with van der Waals surface area (Å²) in [4.78, 5) is 25.5. The van der Waals surface area contributed by atoms with Crippen LogP contribution in [0.5, 0.6) is 0 Å². The van der Waals surface area contributed by atoms with Crippen molar-refractivity contribution in [3.8, 4) is 0 Å². The summed E-state index contributed by atoms with van der Waals surface area (Å²) < 4.78 is 5.34. The minimum atomic E-state index is -0.475. The van der Waals surface area contributed by atoms with Crippen LogP contribution >= 0.6 is 15.9 Å². The fourth-order valence-corrected chi connectivity index (χ4v) is 2.86. The third-order valence-electron chi connectivity index (χ3n) is 3.63. The number of hydrogen-bond donors (Lipinski definition) is 2. The Bertz CT molecular complexity index is 577. The molecule has 1 aromatic carbocycles. The van der Waals surface area contributed by atoms with Crippen molar-refractivity contribution in [2.24, 2.45) is 0 Å². The number of rotatable bonds is 2. The molecule has 0 bridgehead atoms. The van der Waals surface area contributed by atoms with E-state index < -0.39 is 6.09 Å². The monoisotopic (exact) mass is 355 g/mol. The molecule has 1 heterocycles. The first-order valence-corrected chi connectivity index (χ1v) is 7.41. The number of nitrogens with one attached hydrogen (secondary N) is 1. The molecule has 1 aliphatic rings. The zero-order valence-corrected chi connectivity index (χ0v) is 13.6. The molecule has 0 aromatic heterocycles. The van der Waals surface area contributed by atoms with Crippen molar-refractivity contribution in [2.45, 2.75) is 19.4 Å². The highest BCUT2D eigenvalue weighted by molar-refractivity contribution is 9.10. The SMILES string of the molecule is COC(=O)NC1CCN(C(=O)c2cc(Br)cc(N)c2C)C1. The molecule has 0 saturated carbocycles. The number of alkyl carbamates (subject to hydrolysis) is 1. The quantitative estimate of drug-likeness (QED) is 0.793. The number of halogens is 1. The number of carbonyl (C=O) groups is 2. The molecule has 1 aliphatic heterocycles. The Labute approximate surface area is 131 Å². The Morgan fingerprint density at radius 1 is 1.48 bits per heavy atom. The van der Waals surface area contributed by atoms with Crippen LogP contribution in [0, 0.1) is 6.92 Å². The van der Waals surface area contributed by atoms with Crippen molar-refractivity contribution in [1.29, 1.82) is 0 Å². The lowest BCUT2D eigenvalue weighted by atomic mass is 10.1. The van der Waals surface area contributed by atoms with Crippen molar-refractivity contribution in [2.75, 3.05) is 25.9 Å². The highest BCUT2D eigenvalue weighted by Gasteiger charge is 2.29. The van der Waals surface area contributed by atoms with Gasteiger partial charge in [-0.2, -0.15) is 0 Å². The van der Waals surface area contributed by atoms with Gasteiger partial charge in [0.15, 0.2) is 0 Å². The van der Waals surface area contributed by atoms with Crippen LogP contribution in [0.3, 0.4) is 0 Å². The lowest BCUT2D eigenvalue weighted by Gasteiger charge is -2.19. The smallest absolute Gasteiger partial charge is 0.407 e. The third-order valence-corrected chi connectivity index (χ3v) is 4.08. The van der Waals surface area contributed by atoms with E-state index in [2.05, 4.69) is 26.0 Å². The van der Waals surface area contributed by atoms with E-state index in [9.17, 15) is 9.59 Å². The van der Waals surface area contributed by atoms with E-state index in [1.54, 1.807) is 17.0 Å². The summed E-state index contributed by atoms with van der Waals surface area (Å²) in [6.07, 6.45) is 0.237. The Kier molecular flexibility index (Phi) is 4.72. The zero-order valence-electron chi connectivity index (χ0n) is 12.0. The van der Waals surface area contributed by atoms with Gasteiger partial charge in [0, 0.05) is 28.8 Å². The number of benzene rings is 1. The summed E-state index contributed by atoms with van der Waals surface area (Å²) in [5, 5.41) is 2.71. The molecule has 114 valence electrons. The van der Waals surface area contributed by atoms with Gasteiger partial charge in [0.25, 0.3) is 5.91 Å². The van der Waals surface area contributed by atoms with E-state index in [-0.39, 0.29) is 11.9 Å². The number of amides is 2. The van der Waals surface area contributed by atoms with E-state index in [1.165, 1.54) is 7.11 Å². The van der Waals surface area contributed by atoms with Gasteiger partial charge < -0.3 is 20.7 Å². The van der Waals surface area contributed by atoms with Gasteiger partial charge in [0.1, 0.15) is 0 Å². The average Bonchev–Trinajstić information content (AvgIpc) is 2.90. The van der Waals surface area contributed by atoms with Crippen LogP contribution in [0.2, 0.25) is 0 Å². The van der Waals surface area contributed by atoms with Crippen LogP contribution in [0.25, 0.3) is 0 Å². The van der Waals surface area contributed by atoms with Gasteiger partial charge in [-0.1, -0.05) is 15.9 Å². The summed E-state index contributed by atoms with van der Waals surface area (Å²) >= 11 is 3.35. The van der Waals surface area contributed by atoms with Gasteiger partial charge in [0.2, 0.25) is 0 Å². The van der Waals surface area contributed by atoms with E-state index in [1.807, 2.05) is 6.92 Å². The largest absolute Gasteiger partial charge is 0.453 e. The first kappa shape index (κ1) is 15.6. The molecule has 1 aromatic rings. The summed E-state index contributed by atoms with van der Waals surface area (Å²) in [7, 11) is 1.32. The van der Waals surface area contributed by atoms with Gasteiger partial charge >= 0.3 is 6.09 Å². The lowest BCUT2D eigenvalue weighted by Crippen LogP contribution is -2.38. The van der Waals surface area contributed by atoms with Crippen molar-refractivity contribution in [1.82, 2.24) is 10.2 Å². The minimum Gasteiger partial charge on any atom is -0.453 e. The number of carbonyl (C=O) groups excluding carboxylic acids is 2. The molecule has 21 heavy (non-hydrogen) atoms. The summed E-state index contributed by atoms with van der Waals surface area (Å²) in [5.74, 6) is -0.0744. The molecule has 2 rings (SSSR count). The lowest BCUT2D eigenvalue weighted by molar-refractivity contribution is 0.0787. The van der Waals surface area contributed by atoms with Gasteiger partial charge in [-0.05, 0) is 31.0 Å². The van der Waals surface area contributed by atoms with E-state index in [0.29, 0.717) is 30.8 Å². The van der Waals surface area contributed by atoms with Crippen LogP contribution in [0.4, 0.5) is 10.5 Å². The highest BCUT2D eigenvalue weighted by atomic mass is 79.9. The second kappa shape index (κ2) is 6.34. The number of hydrogen-bond acceptors (Lipinski definition) is 4. The third kappa shape index (κ3) is 3.47. The molecule has 1 unspecified atom stereocenters. The van der Waals surface area contributed by atoms with Crippen molar-refractivity contribution in [3.05, 3.63) is 27.7 Å². The van der Waals surface area contributed by atoms with Gasteiger partial charge in [-0.15, -0.1) is 0 Å². The number of nitrogen functional groups attached to an aromatic ring is 1. The summed E-state index contributed by atoms with van der Waals surface area (Å²) in [6.45, 7) is 2.90. The molecule has 2 amide bonds. The molecule has 1 saturated heterocycles. The maximum absolute atomic E-state index is 12.6. The fourth-order valence-electron chi connectivity index (χ4n) is 2.38. The Morgan fingerprint density at radius 3 is 2.86 bits per heavy atom. The Balaban J connectivity index is 2.10. The Hall–Kier alpha value is -1.76. The number of ether oxygens (including phenoxy) is 1. The Morgan fingerprint density at radius 2 is 2.19 bits per heavy atom. The molecular formula is C14H18BrN3O3. The van der Waals surface area contributed by atoms with Crippen LogP contribution in [-0.4, -0.2) is 43.1 Å². The van der Waals surface area contributed by atoms with Crippen LogP contribution in [0.1, 0.15) is 22.3 Å². The topological polar surface area (TPSA) is 84.7 Å². The molecular weight excluding hydrogens is 338 g/mol. The molecule has 0 radical (unpaired) electrons. The van der Waals surface area contributed by atoms with E-state index in [4.69, 9.17) is 5.73 Å². The van der Waals surface area contributed by atoms with Crippen molar-refractivity contribution in [3.63, 3.8) is 0 Å². The normalized spacial score (nSPS) is 17.7. The number of nitrogens with two attached hydrogens (primary N) is 1. The van der Waals surface area contributed by atoms with Crippen molar-refractivity contribution >= 4 is 33.6 Å². The fraction of sp³-hybridized carbons (Fsp3) is 0.429. The second-order valence-electron chi connectivity index (χ2n) is 5.04. The van der Waals surface area contributed by atoms with Gasteiger partial charge in [-0.3, -0.25) is 4.79 Å². The molecule has 3 N–H and O–H groups in total. The molecule has 1 atom stereocenters. The average molecular weight is 356 g/mol. The van der Waals surface area contributed by atoms with Gasteiger partial charge in [-0.25, -0.2) is 4.79 Å². The first-order chi connectivity index (χ1) is 9.92. The minimum absolute atomic E-state index is 0.0744. The van der Waals surface area contributed by atoms with Crippen LogP contribution < -0.4 is 11.1 Å². The first-order valence-electron chi connectivity index (χ1n) is 6.61. The summed E-state index contributed by atoms with van der Waals surface area (Å²) in [5.41, 5.74) is 7.83. The maximum atomic E-state index is 12.6. The molecule has 6 nitrogen and oxygen atoms in total. The zero-order chi connectivity index (χ0) is 15.6.